The monoisotopic (exact) mass is 255 g/mol. The number of benzene rings is 1. The van der Waals surface area contributed by atoms with Crippen molar-refractivity contribution >= 4 is 0 Å². The Morgan fingerprint density at radius 3 is 2.32 bits per heavy atom. The predicted molar refractivity (Wildman–Crippen MR) is 81.4 cm³/mol. The first-order valence-electron chi connectivity index (χ1n) is 7.49. The average Bonchev–Trinajstić information content (AvgIpc) is 3.11. The predicted octanol–water partition coefficient (Wildman–Crippen LogP) is 4.67. The molecule has 102 valence electrons. The Morgan fingerprint density at radius 2 is 1.74 bits per heavy atom. The molecule has 1 saturated carbocycles. The van der Waals surface area contributed by atoms with Crippen molar-refractivity contribution in [2.24, 2.45) is 0 Å². The van der Waals surface area contributed by atoms with Crippen LogP contribution in [-0.4, -0.2) is 17.0 Å². The van der Waals surface area contributed by atoms with Crippen LogP contribution in [0.5, 0.6) is 0 Å². The van der Waals surface area contributed by atoms with Gasteiger partial charge < -0.3 is 0 Å². The molecule has 1 aliphatic heterocycles. The molecule has 1 aliphatic carbocycles. The third-order valence-electron chi connectivity index (χ3n) is 4.49. The van der Waals surface area contributed by atoms with Gasteiger partial charge in [0.15, 0.2) is 0 Å². The Labute approximate surface area is 117 Å². The zero-order valence-corrected chi connectivity index (χ0v) is 12.4. The lowest BCUT2D eigenvalue weighted by atomic mass is 9.93. The quantitative estimate of drug-likeness (QED) is 0.694. The fourth-order valence-electron chi connectivity index (χ4n) is 3.36. The molecular weight excluding hydrogens is 230 g/mol. The smallest absolute Gasteiger partial charge is 0.0397 e. The van der Waals surface area contributed by atoms with Crippen molar-refractivity contribution < 1.29 is 0 Å². The molecule has 1 aromatic rings. The summed E-state index contributed by atoms with van der Waals surface area (Å²) in [5.41, 5.74) is 4.74. The molecule has 1 nitrogen and oxygen atoms in total. The maximum atomic E-state index is 4.24. The van der Waals surface area contributed by atoms with Crippen molar-refractivity contribution in [3.63, 3.8) is 0 Å². The second kappa shape index (κ2) is 4.49. The van der Waals surface area contributed by atoms with E-state index in [2.05, 4.69) is 56.5 Å². The van der Waals surface area contributed by atoms with Crippen molar-refractivity contribution in [3.8, 4) is 0 Å². The first kappa shape index (κ1) is 12.9. The molecule has 1 heteroatoms. The summed E-state index contributed by atoms with van der Waals surface area (Å²) in [7, 11) is 0. The van der Waals surface area contributed by atoms with E-state index in [0.29, 0.717) is 6.04 Å². The highest BCUT2D eigenvalue weighted by molar-refractivity contribution is 5.38. The Bertz CT molecular complexity index is 491. The molecule has 19 heavy (non-hydrogen) atoms. The van der Waals surface area contributed by atoms with Crippen LogP contribution in [0.15, 0.2) is 36.4 Å². The van der Waals surface area contributed by atoms with Gasteiger partial charge in [0.1, 0.15) is 0 Å². The van der Waals surface area contributed by atoms with Crippen molar-refractivity contribution in [3.05, 3.63) is 47.5 Å². The number of hydrogen-bond donors (Lipinski definition) is 0. The molecular formula is C18H25N. The minimum absolute atomic E-state index is 0.209. The van der Waals surface area contributed by atoms with Gasteiger partial charge in [0.2, 0.25) is 0 Å². The topological polar surface area (TPSA) is 3.24 Å². The largest absolute Gasteiger partial charge is 0.287 e. The van der Waals surface area contributed by atoms with E-state index in [4.69, 9.17) is 0 Å². The van der Waals surface area contributed by atoms with Crippen LogP contribution in [0.25, 0.3) is 0 Å². The second-order valence-electron chi connectivity index (χ2n) is 7.17. The summed E-state index contributed by atoms with van der Waals surface area (Å²) in [4.78, 5) is 2.62. The van der Waals surface area contributed by atoms with Gasteiger partial charge in [-0.1, -0.05) is 36.4 Å². The van der Waals surface area contributed by atoms with Gasteiger partial charge in [0.05, 0.1) is 0 Å². The molecule has 0 amide bonds. The van der Waals surface area contributed by atoms with E-state index in [1.807, 2.05) is 0 Å². The maximum absolute atomic E-state index is 4.24. The number of hydrogen-bond acceptors (Lipinski definition) is 1. The van der Waals surface area contributed by atoms with Gasteiger partial charge >= 0.3 is 0 Å². The van der Waals surface area contributed by atoms with Crippen molar-refractivity contribution in [1.82, 2.24) is 4.90 Å². The van der Waals surface area contributed by atoms with E-state index in [1.54, 1.807) is 11.1 Å². The minimum atomic E-state index is 0.209. The molecule has 1 aromatic carbocycles. The van der Waals surface area contributed by atoms with Crippen LogP contribution >= 0.6 is 0 Å². The van der Waals surface area contributed by atoms with E-state index in [0.717, 1.165) is 18.9 Å². The molecule has 1 heterocycles. The Balaban J connectivity index is 1.98. The molecule has 3 rings (SSSR count). The zero-order valence-electron chi connectivity index (χ0n) is 12.4. The summed E-state index contributed by atoms with van der Waals surface area (Å²) in [5, 5.41) is 0. The molecule has 2 fully saturated rings. The van der Waals surface area contributed by atoms with Gasteiger partial charge in [0, 0.05) is 18.1 Å². The fourth-order valence-corrected chi connectivity index (χ4v) is 3.36. The highest BCUT2D eigenvalue weighted by Crippen LogP contribution is 2.47. The summed E-state index contributed by atoms with van der Waals surface area (Å²) in [6.45, 7) is 12.2. The zero-order chi connectivity index (χ0) is 13.6. The highest BCUT2D eigenvalue weighted by atomic mass is 15.2. The van der Waals surface area contributed by atoms with Crippen LogP contribution < -0.4 is 0 Å². The summed E-state index contributed by atoms with van der Waals surface area (Å²) in [5.74, 6) is 0.826. The van der Waals surface area contributed by atoms with Gasteiger partial charge in [-0.15, -0.1) is 0 Å². The molecule has 0 unspecified atom stereocenters. The van der Waals surface area contributed by atoms with Crippen LogP contribution in [0.3, 0.4) is 0 Å². The number of rotatable bonds is 2. The van der Waals surface area contributed by atoms with Crippen LogP contribution in [0.4, 0.5) is 0 Å². The van der Waals surface area contributed by atoms with E-state index >= 15 is 0 Å². The van der Waals surface area contributed by atoms with Crippen LogP contribution in [0.1, 0.15) is 63.1 Å². The van der Waals surface area contributed by atoms with Crippen LogP contribution in [0.2, 0.25) is 0 Å². The minimum Gasteiger partial charge on any atom is -0.287 e. The SMILES string of the molecule is C=C1C[C@@H](c2ccccc2C2CC2)N(C(C)(C)C)C1. The highest BCUT2D eigenvalue weighted by Gasteiger charge is 2.38. The molecule has 1 atom stereocenters. The Morgan fingerprint density at radius 1 is 1.11 bits per heavy atom. The van der Waals surface area contributed by atoms with Gasteiger partial charge in [-0.3, -0.25) is 4.90 Å². The Kier molecular flexibility index (Phi) is 3.05. The molecule has 0 radical (unpaired) electrons. The van der Waals surface area contributed by atoms with Gasteiger partial charge in [-0.05, 0) is 57.1 Å². The summed E-state index contributed by atoms with van der Waals surface area (Å²) in [6.07, 6.45) is 3.88. The third-order valence-corrected chi connectivity index (χ3v) is 4.49. The summed E-state index contributed by atoms with van der Waals surface area (Å²) in [6, 6.07) is 9.61. The van der Waals surface area contributed by atoms with Crippen molar-refractivity contribution in [2.45, 2.75) is 57.5 Å². The molecule has 0 bridgehead atoms. The summed E-state index contributed by atoms with van der Waals surface area (Å²) >= 11 is 0. The molecule has 0 aromatic heterocycles. The lowest BCUT2D eigenvalue weighted by Gasteiger charge is -2.37. The van der Waals surface area contributed by atoms with E-state index in [1.165, 1.54) is 18.4 Å². The van der Waals surface area contributed by atoms with E-state index in [-0.39, 0.29) is 5.54 Å². The van der Waals surface area contributed by atoms with E-state index in [9.17, 15) is 0 Å². The van der Waals surface area contributed by atoms with Crippen LogP contribution in [-0.2, 0) is 0 Å². The lowest BCUT2D eigenvalue weighted by Crippen LogP contribution is -2.40. The lowest BCUT2D eigenvalue weighted by molar-refractivity contribution is 0.123. The van der Waals surface area contributed by atoms with E-state index < -0.39 is 0 Å². The number of likely N-dealkylation sites (tertiary alicyclic amines) is 1. The van der Waals surface area contributed by atoms with Gasteiger partial charge in [-0.2, -0.15) is 0 Å². The molecule has 0 spiro atoms. The number of nitrogens with zero attached hydrogens (tertiary/aromatic N) is 1. The first-order chi connectivity index (χ1) is 8.97. The first-order valence-corrected chi connectivity index (χ1v) is 7.49. The van der Waals surface area contributed by atoms with Gasteiger partial charge in [0.25, 0.3) is 0 Å². The standard InChI is InChI=1S/C18H25N/c1-13-11-17(19(12-13)18(2,3)4)16-8-6-5-7-15(16)14-9-10-14/h5-8,14,17H,1,9-12H2,2-4H3/t17-/m0/s1. The average molecular weight is 255 g/mol. The van der Waals surface area contributed by atoms with Crippen molar-refractivity contribution in [1.29, 1.82) is 0 Å². The fraction of sp³-hybridized carbons (Fsp3) is 0.556. The van der Waals surface area contributed by atoms with Crippen molar-refractivity contribution in [2.75, 3.05) is 6.54 Å². The second-order valence-corrected chi connectivity index (χ2v) is 7.17. The molecule has 1 saturated heterocycles. The maximum Gasteiger partial charge on any atom is 0.0397 e. The Hall–Kier alpha value is -1.08. The molecule has 0 N–H and O–H groups in total. The summed E-state index contributed by atoms with van der Waals surface area (Å²) < 4.78 is 0. The van der Waals surface area contributed by atoms with Crippen LogP contribution in [0, 0.1) is 0 Å². The molecule has 2 aliphatic rings. The normalized spacial score (nSPS) is 25.0. The third kappa shape index (κ3) is 2.49. The van der Waals surface area contributed by atoms with Gasteiger partial charge in [-0.25, -0.2) is 0 Å².